The van der Waals surface area contributed by atoms with Gasteiger partial charge in [-0.3, -0.25) is 14.3 Å². The van der Waals surface area contributed by atoms with E-state index in [0.29, 0.717) is 4.88 Å². The number of nitrogens with zero attached hydrogens (tertiary/aromatic N) is 3. The van der Waals surface area contributed by atoms with Crippen molar-refractivity contribution in [1.29, 1.82) is 0 Å². The summed E-state index contributed by atoms with van der Waals surface area (Å²) in [4.78, 5) is 27.9. The molecule has 0 spiro atoms. The van der Waals surface area contributed by atoms with Gasteiger partial charge >= 0.3 is 0 Å². The molecule has 0 saturated heterocycles. The van der Waals surface area contributed by atoms with E-state index in [0.717, 1.165) is 31.6 Å². The Bertz CT molecular complexity index is 974. The molecule has 0 aliphatic heterocycles. The predicted molar refractivity (Wildman–Crippen MR) is 108 cm³/mol. The number of carbonyl (C=O) groups is 2. The molecule has 26 heavy (non-hydrogen) atoms. The Labute approximate surface area is 163 Å². The molecule has 2 amide bonds. The van der Waals surface area contributed by atoms with E-state index in [1.807, 2.05) is 45.2 Å². The van der Waals surface area contributed by atoms with Crippen LogP contribution in [-0.2, 0) is 11.8 Å². The molecule has 0 atom stereocenters. The fourth-order valence-corrected chi connectivity index (χ4v) is 4.34. The number of fused-ring (bicyclic) bond motifs is 1. The number of carbonyl (C=O) groups excluding carboxylic acids is 2. The molecule has 0 unspecified atom stereocenters. The second-order valence-electron chi connectivity index (χ2n) is 6.21. The van der Waals surface area contributed by atoms with Gasteiger partial charge < -0.3 is 10.2 Å². The van der Waals surface area contributed by atoms with Crippen LogP contribution in [0, 0.1) is 13.8 Å². The summed E-state index contributed by atoms with van der Waals surface area (Å²) in [5, 5.41) is 8.17. The number of rotatable bonds is 4. The number of amides is 2. The minimum absolute atomic E-state index is 0.0141. The van der Waals surface area contributed by atoms with E-state index in [4.69, 9.17) is 0 Å². The third-order valence-corrected chi connectivity index (χ3v) is 5.78. The lowest BCUT2D eigenvalue weighted by molar-refractivity contribution is -0.116. The zero-order chi connectivity index (χ0) is 19.0. The van der Waals surface area contributed by atoms with Crippen LogP contribution < -0.4 is 5.32 Å². The number of likely N-dealkylation sites (N-methyl/N-ethyl adjacent to an activating group) is 1. The third kappa shape index (κ3) is 3.66. The second kappa shape index (κ2) is 7.20. The van der Waals surface area contributed by atoms with Crippen LogP contribution in [0.15, 0.2) is 28.7 Å². The Morgan fingerprint density at radius 2 is 2.04 bits per heavy atom. The Morgan fingerprint density at radius 3 is 2.69 bits per heavy atom. The van der Waals surface area contributed by atoms with Gasteiger partial charge in [-0.1, -0.05) is 15.9 Å². The first-order chi connectivity index (χ1) is 12.3. The molecule has 2 aromatic heterocycles. The quantitative estimate of drug-likeness (QED) is 0.679. The topological polar surface area (TPSA) is 67.2 Å². The number of aromatic nitrogens is 2. The molecule has 3 aromatic rings. The number of halogens is 1. The number of hydrogen-bond acceptors (Lipinski definition) is 4. The number of aryl methyl sites for hydroxylation is 3. The molecule has 0 bridgehead atoms. The van der Waals surface area contributed by atoms with Crippen molar-refractivity contribution in [2.75, 3.05) is 18.9 Å². The summed E-state index contributed by atoms with van der Waals surface area (Å²) in [6, 6.07) is 7.47. The van der Waals surface area contributed by atoms with Gasteiger partial charge in [-0.15, -0.1) is 11.3 Å². The van der Waals surface area contributed by atoms with Crippen molar-refractivity contribution < 1.29 is 9.59 Å². The first-order valence-electron chi connectivity index (χ1n) is 8.01. The maximum absolute atomic E-state index is 12.7. The summed E-state index contributed by atoms with van der Waals surface area (Å²) in [5.41, 5.74) is 2.58. The van der Waals surface area contributed by atoms with E-state index < -0.39 is 0 Å². The average molecular weight is 435 g/mol. The van der Waals surface area contributed by atoms with Crippen molar-refractivity contribution in [3.8, 4) is 0 Å². The number of anilines is 1. The molecule has 1 N–H and O–H groups in total. The molecule has 2 heterocycles. The maximum atomic E-state index is 12.7. The number of nitrogens with one attached hydrogen (secondary N) is 1. The highest BCUT2D eigenvalue weighted by Crippen LogP contribution is 2.28. The molecular weight excluding hydrogens is 416 g/mol. The minimum Gasteiger partial charge on any atom is -0.332 e. The van der Waals surface area contributed by atoms with Gasteiger partial charge in [-0.2, -0.15) is 5.10 Å². The Balaban J connectivity index is 1.69. The molecule has 0 saturated carbocycles. The van der Waals surface area contributed by atoms with Gasteiger partial charge in [0.05, 0.1) is 17.1 Å². The van der Waals surface area contributed by atoms with E-state index in [1.54, 1.807) is 11.7 Å². The van der Waals surface area contributed by atoms with Gasteiger partial charge in [0.1, 0.15) is 4.83 Å². The van der Waals surface area contributed by atoms with Crippen molar-refractivity contribution in [2.24, 2.45) is 7.05 Å². The van der Waals surface area contributed by atoms with E-state index in [-0.39, 0.29) is 18.4 Å². The van der Waals surface area contributed by atoms with Crippen molar-refractivity contribution >= 4 is 55.0 Å². The molecule has 1 aromatic carbocycles. The Morgan fingerprint density at radius 1 is 1.31 bits per heavy atom. The number of hydrogen-bond donors (Lipinski definition) is 1. The lowest BCUT2D eigenvalue weighted by Crippen LogP contribution is -2.34. The fourth-order valence-electron chi connectivity index (χ4n) is 2.74. The van der Waals surface area contributed by atoms with Crippen molar-refractivity contribution in [2.45, 2.75) is 13.8 Å². The van der Waals surface area contributed by atoms with Crippen LogP contribution in [0.1, 0.15) is 20.9 Å². The largest absolute Gasteiger partial charge is 0.332 e. The fraction of sp³-hybridized carbons (Fsp3) is 0.278. The molecule has 0 aliphatic rings. The standard InChI is InChI=1S/C18H19BrN4O2S/c1-10-7-12(19)5-6-14(10)20-16(24)9-22(3)17(25)15-8-13-11(2)21-23(4)18(13)26-15/h5-8H,9H2,1-4H3,(H,20,24). The predicted octanol–water partition coefficient (Wildman–Crippen LogP) is 3.72. The normalized spacial score (nSPS) is 11.0. The zero-order valence-electron chi connectivity index (χ0n) is 15.0. The summed E-state index contributed by atoms with van der Waals surface area (Å²) >= 11 is 4.79. The van der Waals surface area contributed by atoms with E-state index in [9.17, 15) is 9.59 Å². The smallest absolute Gasteiger partial charge is 0.264 e. The van der Waals surface area contributed by atoms with Gasteiger partial charge in [-0.05, 0) is 43.7 Å². The van der Waals surface area contributed by atoms with E-state index in [1.165, 1.54) is 16.2 Å². The summed E-state index contributed by atoms with van der Waals surface area (Å²) in [6.07, 6.45) is 0. The maximum Gasteiger partial charge on any atom is 0.264 e. The van der Waals surface area contributed by atoms with Crippen LogP contribution in [0.3, 0.4) is 0 Å². The van der Waals surface area contributed by atoms with Crippen LogP contribution in [0.2, 0.25) is 0 Å². The van der Waals surface area contributed by atoms with Crippen LogP contribution in [-0.4, -0.2) is 40.1 Å². The van der Waals surface area contributed by atoms with Gasteiger partial charge in [0.2, 0.25) is 5.91 Å². The molecule has 0 aliphatic carbocycles. The summed E-state index contributed by atoms with van der Waals surface area (Å²) < 4.78 is 2.73. The zero-order valence-corrected chi connectivity index (χ0v) is 17.4. The van der Waals surface area contributed by atoms with Crippen molar-refractivity contribution in [1.82, 2.24) is 14.7 Å². The molecule has 136 valence electrons. The molecule has 8 heteroatoms. The summed E-state index contributed by atoms with van der Waals surface area (Å²) in [5.74, 6) is -0.404. The number of thiophene rings is 1. The van der Waals surface area contributed by atoms with Crippen LogP contribution in [0.5, 0.6) is 0 Å². The summed E-state index contributed by atoms with van der Waals surface area (Å²) in [6.45, 7) is 3.82. The van der Waals surface area contributed by atoms with Gasteiger partial charge in [0, 0.05) is 29.6 Å². The van der Waals surface area contributed by atoms with Crippen LogP contribution in [0.4, 0.5) is 5.69 Å². The second-order valence-corrected chi connectivity index (χ2v) is 8.15. The first kappa shape index (κ1) is 18.6. The van der Waals surface area contributed by atoms with Gasteiger partial charge in [0.25, 0.3) is 5.91 Å². The van der Waals surface area contributed by atoms with Crippen LogP contribution in [0.25, 0.3) is 10.2 Å². The molecule has 6 nitrogen and oxygen atoms in total. The Kier molecular flexibility index (Phi) is 5.15. The van der Waals surface area contributed by atoms with Gasteiger partial charge in [0.15, 0.2) is 0 Å². The van der Waals surface area contributed by atoms with Gasteiger partial charge in [-0.25, -0.2) is 0 Å². The SMILES string of the molecule is Cc1cc(Br)ccc1NC(=O)CN(C)C(=O)c1cc2c(C)nn(C)c2s1. The molecule has 0 radical (unpaired) electrons. The highest BCUT2D eigenvalue weighted by atomic mass is 79.9. The van der Waals surface area contributed by atoms with Crippen LogP contribution >= 0.6 is 27.3 Å². The summed E-state index contributed by atoms with van der Waals surface area (Å²) in [7, 11) is 3.49. The molecular formula is C18H19BrN4O2S. The highest BCUT2D eigenvalue weighted by molar-refractivity contribution is 9.10. The third-order valence-electron chi connectivity index (χ3n) is 4.10. The van der Waals surface area contributed by atoms with E-state index in [2.05, 4.69) is 26.3 Å². The minimum atomic E-state index is -0.231. The molecule has 0 fully saturated rings. The number of benzene rings is 1. The lowest BCUT2D eigenvalue weighted by atomic mass is 10.2. The van der Waals surface area contributed by atoms with Crippen molar-refractivity contribution in [3.63, 3.8) is 0 Å². The molecule has 3 rings (SSSR count). The average Bonchev–Trinajstić information content (AvgIpc) is 3.11. The lowest BCUT2D eigenvalue weighted by Gasteiger charge is -2.16. The Hall–Kier alpha value is -2.19. The highest BCUT2D eigenvalue weighted by Gasteiger charge is 2.20. The monoisotopic (exact) mass is 434 g/mol. The van der Waals surface area contributed by atoms with E-state index >= 15 is 0 Å². The van der Waals surface area contributed by atoms with Crippen molar-refractivity contribution in [3.05, 3.63) is 44.9 Å². The first-order valence-corrected chi connectivity index (χ1v) is 9.62.